The SMILES string of the molecule is CC(c1ccccn1)N1CCCC1CN.Cl. The van der Waals surface area contributed by atoms with Crippen LogP contribution in [0.2, 0.25) is 0 Å². The first-order chi connectivity index (χ1) is 7.33. The van der Waals surface area contributed by atoms with Crippen molar-refractivity contribution < 1.29 is 0 Å². The topological polar surface area (TPSA) is 42.2 Å². The highest BCUT2D eigenvalue weighted by molar-refractivity contribution is 5.85. The highest BCUT2D eigenvalue weighted by Gasteiger charge is 2.28. The molecule has 2 heterocycles. The molecule has 0 spiro atoms. The molecule has 0 aromatic carbocycles. The quantitative estimate of drug-likeness (QED) is 0.880. The summed E-state index contributed by atoms with van der Waals surface area (Å²) >= 11 is 0. The number of halogens is 1. The lowest BCUT2D eigenvalue weighted by atomic mass is 10.1. The molecule has 1 fully saturated rings. The smallest absolute Gasteiger partial charge is 0.0572 e. The van der Waals surface area contributed by atoms with Gasteiger partial charge in [-0.2, -0.15) is 0 Å². The molecule has 0 aliphatic carbocycles. The number of rotatable bonds is 3. The molecule has 4 heteroatoms. The fourth-order valence-electron chi connectivity index (χ4n) is 2.41. The lowest BCUT2D eigenvalue weighted by molar-refractivity contribution is 0.193. The molecule has 1 aliphatic heterocycles. The summed E-state index contributed by atoms with van der Waals surface area (Å²) in [6, 6.07) is 7.04. The molecule has 1 saturated heterocycles. The van der Waals surface area contributed by atoms with Crippen molar-refractivity contribution in [2.75, 3.05) is 13.1 Å². The Labute approximate surface area is 103 Å². The fourth-order valence-corrected chi connectivity index (χ4v) is 2.41. The molecular weight excluding hydrogens is 222 g/mol. The van der Waals surface area contributed by atoms with Crippen molar-refractivity contribution in [3.8, 4) is 0 Å². The van der Waals surface area contributed by atoms with Gasteiger partial charge in [0.1, 0.15) is 0 Å². The predicted octanol–water partition coefficient (Wildman–Crippen LogP) is 1.99. The molecule has 1 aliphatic rings. The van der Waals surface area contributed by atoms with E-state index in [9.17, 15) is 0 Å². The van der Waals surface area contributed by atoms with Crippen LogP contribution in [0.25, 0.3) is 0 Å². The summed E-state index contributed by atoms with van der Waals surface area (Å²) in [7, 11) is 0. The van der Waals surface area contributed by atoms with E-state index in [0.29, 0.717) is 12.1 Å². The average molecular weight is 242 g/mol. The predicted molar refractivity (Wildman–Crippen MR) is 68.7 cm³/mol. The van der Waals surface area contributed by atoms with E-state index in [2.05, 4.69) is 22.9 Å². The number of aromatic nitrogens is 1. The third-order valence-corrected chi connectivity index (χ3v) is 3.31. The van der Waals surface area contributed by atoms with Crippen LogP contribution >= 0.6 is 12.4 Å². The van der Waals surface area contributed by atoms with Gasteiger partial charge in [-0.25, -0.2) is 0 Å². The number of pyridine rings is 1. The second kappa shape index (κ2) is 6.18. The summed E-state index contributed by atoms with van der Waals surface area (Å²) < 4.78 is 0. The number of nitrogens with zero attached hydrogens (tertiary/aromatic N) is 2. The van der Waals surface area contributed by atoms with E-state index in [0.717, 1.165) is 18.8 Å². The summed E-state index contributed by atoms with van der Waals surface area (Å²) in [4.78, 5) is 6.88. The summed E-state index contributed by atoms with van der Waals surface area (Å²) in [6.45, 7) is 4.13. The lowest BCUT2D eigenvalue weighted by Crippen LogP contribution is -2.37. The highest BCUT2D eigenvalue weighted by atomic mass is 35.5. The van der Waals surface area contributed by atoms with E-state index in [-0.39, 0.29) is 12.4 Å². The van der Waals surface area contributed by atoms with Gasteiger partial charge in [0.05, 0.1) is 5.69 Å². The molecule has 2 atom stereocenters. The van der Waals surface area contributed by atoms with Crippen LogP contribution in [0, 0.1) is 0 Å². The summed E-state index contributed by atoms with van der Waals surface area (Å²) in [6.07, 6.45) is 4.35. The van der Waals surface area contributed by atoms with Crippen LogP contribution in [0.1, 0.15) is 31.5 Å². The molecule has 0 amide bonds. The molecule has 16 heavy (non-hydrogen) atoms. The minimum atomic E-state index is 0. The Morgan fingerprint density at radius 2 is 2.38 bits per heavy atom. The van der Waals surface area contributed by atoms with Gasteiger partial charge in [-0.1, -0.05) is 6.07 Å². The standard InChI is InChI=1S/C12H19N3.ClH/c1-10(12-6-2-3-7-14-12)15-8-4-5-11(15)9-13;/h2-3,6-7,10-11H,4-5,8-9,13H2,1H3;1H. The number of hydrogen-bond donors (Lipinski definition) is 1. The zero-order chi connectivity index (χ0) is 10.7. The van der Waals surface area contributed by atoms with E-state index in [1.807, 2.05) is 18.3 Å². The normalized spacial score (nSPS) is 22.8. The molecule has 1 aromatic rings. The zero-order valence-corrected chi connectivity index (χ0v) is 10.5. The van der Waals surface area contributed by atoms with Crippen LogP contribution in [0.5, 0.6) is 0 Å². The van der Waals surface area contributed by atoms with Gasteiger partial charge in [0.15, 0.2) is 0 Å². The molecule has 2 N–H and O–H groups in total. The largest absolute Gasteiger partial charge is 0.329 e. The van der Waals surface area contributed by atoms with Crippen molar-refractivity contribution in [1.29, 1.82) is 0 Å². The van der Waals surface area contributed by atoms with Crippen molar-refractivity contribution in [1.82, 2.24) is 9.88 Å². The molecule has 0 radical (unpaired) electrons. The fraction of sp³-hybridized carbons (Fsp3) is 0.583. The Balaban J connectivity index is 0.00000128. The molecule has 3 nitrogen and oxygen atoms in total. The van der Waals surface area contributed by atoms with E-state index >= 15 is 0 Å². The molecular formula is C12H20ClN3. The molecule has 1 aromatic heterocycles. The van der Waals surface area contributed by atoms with Gasteiger partial charge in [0.2, 0.25) is 0 Å². The van der Waals surface area contributed by atoms with Gasteiger partial charge in [0, 0.05) is 24.8 Å². The summed E-state index contributed by atoms with van der Waals surface area (Å²) in [5.74, 6) is 0. The molecule has 0 bridgehead atoms. The Kier molecular flexibility index (Phi) is 5.19. The first-order valence-corrected chi connectivity index (χ1v) is 5.69. The number of nitrogens with two attached hydrogens (primary N) is 1. The summed E-state index contributed by atoms with van der Waals surface area (Å²) in [5.41, 5.74) is 6.93. The Bertz CT molecular complexity index is 304. The summed E-state index contributed by atoms with van der Waals surface area (Å²) in [5, 5.41) is 0. The zero-order valence-electron chi connectivity index (χ0n) is 9.67. The molecule has 2 unspecified atom stereocenters. The van der Waals surface area contributed by atoms with Crippen molar-refractivity contribution >= 4 is 12.4 Å². The maximum Gasteiger partial charge on any atom is 0.0572 e. The maximum atomic E-state index is 5.78. The van der Waals surface area contributed by atoms with Crippen LogP contribution in [0.15, 0.2) is 24.4 Å². The van der Waals surface area contributed by atoms with Crippen LogP contribution in [-0.2, 0) is 0 Å². The van der Waals surface area contributed by atoms with Gasteiger partial charge in [-0.3, -0.25) is 9.88 Å². The Morgan fingerprint density at radius 1 is 1.56 bits per heavy atom. The van der Waals surface area contributed by atoms with Gasteiger partial charge >= 0.3 is 0 Å². The minimum absolute atomic E-state index is 0. The third-order valence-electron chi connectivity index (χ3n) is 3.31. The lowest BCUT2D eigenvalue weighted by Gasteiger charge is -2.29. The maximum absolute atomic E-state index is 5.78. The first-order valence-electron chi connectivity index (χ1n) is 5.69. The number of hydrogen-bond acceptors (Lipinski definition) is 3. The van der Waals surface area contributed by atoms with E-state index in [4.69, 9.17) is 5.73 Å². The molecule has 90 valence electrons. The second-order valence-electron chi connectivity index (χ2n) is 4.20. The van der Waals surface area contributed by atoms with Crippen molar-refractivity contribution in [2.24, 2.45) is 5.73 Å². The van der Waals surface area contributed by atoms with Gasteiger partial charge < -0.3 is 5.73 Å². The molecule has 0 saturated carbocycles. The van der Waals surface area contributed by atoms with Crippen LogP contribution in [-0.4, -0.2) is 29.0 Å². The van der Waals surface area contributed by atoms with E-state index in [1.54, 1.807) is 0 Å². The monoisotopic (exact) mass is 241 g/mol. The minimum Gasteiger partial charge on any atom is -0.329 e. The Hall–Kier alpha value is -0.640. The van der Waals surface area contributed by atoms with Crippen LogP contribution in [0.3, 0.4) is 0 Å². The van der Waals surface area contributed by atoms with Gasteiger partial charge in [0.25, 0.3) is 0 Å². The van der Waals surface area contributed by atoms with E-state index < -0.39 is 0 Å². The van der Waals surface area contributed by atoms with Gasteiger partial charge in [-0.05, 0) is 38.4 Å². The second-order valence-corrected chi connectivity index (χ2v) is 4.20. The Morgan fingerprint density at radius 3 is 3.00 bits per heavy atom. The highest BCUT2D eigenvalue weighted by Crippen LogP contribution is 2.27. The van der Waals surface area contributed by atoms with Crippen LogP contribution < -0.4 is 5.73 Å². The van der Waals surface area contributed by atoms with E-state index in [1.165, 1.54) is 12.8 Å². The average Bonchev–Trinajstić information content (AvgIpc) is 2.77. The molecule has 2 rings (SSSR count). The van der Waals surface area contributed by atoms with Gasteiger partial charge in [-0.15, -0.1) is 12.4 Å². The van der Waals surface area contributed by atoms with Crippen molar-refractivity contribution in [2.45, 2.75) is 31.8 Å². The third kappa shape index (κ3) is 2.73. The van der Waals surface area contributed by atoms with Crippen LogP contribution in [0.4, 0.5) is 0 Å². The van der Waals surface area contributed by atoms with Crippen molar-refractivity contribution in [3.63, 3.8) is 0 Å². The van der Waals surface area contributed by atoms with Crippen molar-refractivity contribution in [3.05, 3.63) is 30.1 Å². The first kappa shape index (κ1) is 13.4. The number of likely N-dealkylation sites (tertiary alicyclic amines) is 1.